The van der Waals surface area contributed by atoms with Crippen molar-refractivity contribution in [2.45, 2.75) is 19.4 Å². The lowest BCUT2D eigenvalue weighted by Crippen LogP contribution is -2.21. The molecule has 116 valence electrons. The molecular formula is C15H16ClN3O3. The Labute approximate surface area is 132 Å². The predicted molar refractivity (Wildman–Crippen MR) is 83.4 cm³/mol. The van der Waals surface area contributed by atoms with Crippen LogP contribution in [0.25, 0.3) is 0 Å². The summed E-state index contributed by atoms with van der Waals surface area (Å²) in [6.07, 6.45) is 1.96. The van der Waals surface area contributed by atoms with Crippen LogP contribution < -0.4 is 5.32 Å². The second-order valence-corrected chi connectivity index (χ2v) is 5.30. The first kappa shape index (κ1) is 16.2. The number of carbonyl (C=O) groups is 1. The van der Waals surface area contributed by atoms with Crippen molar-refractivity contribution in [3.8, 4) is 0 Å². The lowest BCUT2D eigenvalue weighted by atomic mass is 10.1. The van der Waals surface area contributed by atoms with Crippen LogP contribution in [0.5, 0.6) is 0 Å². The number of aliphatic hydroxyl groups excluding tert-OH is 1. The maximum atomic E-state index is 10.8. The van der Waals surface area contributed by atoms with Gasteiger partial charge < -0.3 is 15.5 Å². The largest absolute Gasteiger partial charge is 0.478 e. The third-order valence-electron chi connectivity index (χ3n) is 3.04. The summed E-state index contributed by atoms with van der Waals surface area (Å²) in [6.45, 7) is 1.78. The first-order chi connectivity index (χ1) is 10.5. The zero-order valence-corrected chi connectivity index (χ0v) is 12.7. The Morgan fingerprint density at radius 3 is 2.64 bits per heavy atom. The lowest BCUT2D eigenvalue weighted by molar-refractivity contribution is 0.0697. The monoisotopic (exact) mass is 321 g/mol. The quantitative estimate of drug-likeness (QED) is 0.755. The van der Waals surface area contributed by atoms with E-state index in [1.807, 2.05) is 6.92 Å². The molecule has 3 N–H and O–H groups in total. The second kappa shape index (κ2) is 7.20. The fourth-order valence-electron chi connectivity index (χ4n) is 1.82. The number of benzene rings is 1. The summed E-state index contributed by atoms with van der Waals surface area (Å²) >= 11 is 6.10. The molecule has 0 aliphatic rings. The number of aromatic nitrogens is 2. The molecule has 0 spiro atoms. The van der Waals surface area contributed by atoms with Crippen LogP contribution in [-0.4, -0.2) is 38.8 Å². The Kier molecular flexibility index (Phi) is 5.30. The first-order valence-corrected chi connectivity index (χ1v) is 7.08. The summed E-state index contributed by atoms with van der Waals surface area (Å²) in [5.74, 6) is -0.570. The van der Waals surface area contributed by atoms with E-state index in [2.05, 4.69) is 15.3 Å². The smallest absolute Gasteiger partial charge is 0.335 e. The van der Waals surface area contributed by atoms with Crippen LogP contribution in [-0.2, 0) is 6.42 Å². The van der Waals surface area contributed by atoms with E-state index in [0.29, 0.717) is 23.1 Å². The van der Waals surface area contributed by atoms with Gasteiger partial charge in [0.2, 0.25) is 5.95 Å². The number of anilines is 1. The van der Waals surface area contributed by atoms with Crippen LogP contribution in [0.2, 0.25) is 5.02 Å². The molecule has 0 aliphatic heterocycles. The molecule has 0 amide bonds. The molecule has 1 aromatic heterocycles. The highest BCUT2D eigenvalue weighted by molar-refractivity contribution is 6.31. The third kappa shape index (κ3) is 4.16. The van der Waals surface area contributed by atoms with Gasteiger partial charge in [-0.3, -0.25) is 0 Å². The number of halogens is 1. The number of hydrogen-bond donors (Lipinski definition) is 3. The van der Waals surface area contributed by atoms with Gasteiger partial charge in [0, 0.05) is 12.5 Å². The summed E-state index contributed by atoms with van der Waals surface area (Å²) < 4.78 is 0. The van der Waals surface area contributed by atoms with Gasteiger partial charge >= 0.3 is 5.97 Å². The minimum atomic E-state index is -0.962. The van der Waals surface area contributed by atoms with Gasteiger partial charge in [0.05, 0.1) is 29.1 Å². The Morgan fingerprint density at radius 2 is 2.05 bits per heavy atom. The molecule has 0 unspecified atom stereocenters. The van der Waals surface area contributed by atoms with Gasteiger partial charge in [0.15, 0.2) is 0 Å². The van der Waals surface area contributed by atoms with Gasteiger partial charge in [-0.15, -0.1) is 0 Å². The summed E-state index contributed by atoms with van der Waals surface area (Å²) in [4.78, 5) is 19.2. The number of rotatable bonds is 6. The minimum Gasteiger partial charge on any atom is -0.478 e. The molecule has 6 nitrogen and oxygen atoms in total. The number of carboxylic acids is 1. The standard InChI is InChI=1S/C15H16ClN3O3/c1-9(8-20)18-15-17-7-12(16)13(19-15)6-10-2-4-11(5-3-10)14(21)22/h2-5,7,9,20H,6,8H2,1H3,(H,21,22)(H,17,18,19)/t9-/m0/s1. The van der Waals surface area contributed by atoms with Crippen molar-refractivity contribution in [3.05, 3.63) is 52.3 Å². The summed E-state index contributed by atoms with van der Waals surface area (Å²) in [6, 6.07) is 6.37. The van der Waals surface area contributed by atoms with Crippen LogP contribution in [0, 0.1) is 0 Å². The third-order valence-corrected chi connectivity index (χ3v) is 3.35. The van der Waals surface area contributed by atoms with Gasteiger partial charge in [0.25, 0.3) is 0 Å². The van der Waals surface area contributed by atoms with Crippen LogP contribution in [0.15, 0.2) is 30.5 Å². The normalized spacial score (nSPS) is 12.0. The number of hydrogen-bond acceptors (Lipinski definition) is 5. The van der Waals surface area contributed by atoms with E-state index in [1.165, 1.54) is 6.20 Å². The van der Waals surface area contributed by atoms with Crippen LogP contribution in [0.1, 0.15) is 28.5 Å². The van der Waals surface area contributed by atoms with Gasteiger partial charge in [-0.25, -0.2) is 14.8 Å². The average molecular weight is 322 g/mol. The molecular weight excluding hydrogens is 306 g/mol. The molecule has 2 rings (SSSR count). The first-order valence-electron chi connectivity index (χ1n) is 6.70. The van der Waals surface area contributed by atoms with E-state index in [4.69, 9.17) is 21.8 Å². The van der Waals surface area contributed by atoms with E-state index in [1.54, 1.807) is 24.3 Å². The summed E-state index contributed by atoms with van der Waals surface area (Å²) in [5.41, 5.74) is 1.76. The van der Waals surface area contributed by atoms with Crippen molar-refractivity contribution in [2.75, 3.05) is 11.9 Å². The molecule has 1 aromatic carbocycles. The Morgan fingerprint density at radius 1 is 1.36 bits per heavy atom. The van der Waals surface area contributed by atoms with E-state index in [-0.39, 0.29) is 18.2 Å². The molecule has 1 heterocycles. The summed E-state index contributed by atoms with van der Waals surface area (Å²) in [5, 5.41) is 21.3. The highest BCUT2D eigenvalue weighted by Gasteiger charge is 2.09. The topological polar surface area (TPSA) is 95.3 Å². The fraction of sp³-hybridized carbons (Fsp3) is 0.267. The van der Waals surface area contributed by atoms with Crippen LogP contribution >= 0.6 is 11.6 Å². The molecule has 2 aromatic rings. The van der Waals surface area contributed by atoms with Crippen molar-refractivity contribution in [1.29, 1.82) is 0 Å². The molecule has 0 bridgehead atoms. The van der Waals surface area contributed by atoms with Crippen molar-refractivity contribution < 1.29 is 15.0 Å². The van der Waals surface area contributed by atoms with Gasteiger partial charge in [-0.05, 0) is 24.6 Å². The molecule has 0 radical (unpaired) electrons. The van der Waals surface area contributed by atoms with E-state index >= 15 is 0 Å². The molecule has 0 aliphatic carbocycles. The van der Waals surface area contributed by atoms with E-state index in [0.717, 1.165) is 5.56 Å². The molecule has 7 heteroatoms. The number of aliphatic hydroxyl groups is 1. The number of nitrogens with zero attached hydrogens (tertiary/aromatic N) is 2. The molecule has 22 heavy (non-hydrogen) atoms. The van der Waals surface area contributed by atoms with Crippen molar-refractivity contribution >= 4 is 23.5 Å². The number of aromatic carboxylic acids is 1. The SMILES string of the molecule is C[C@@H](CO)Nc1ncc(Cl)c(Cc2ccc(C(=O)O)cc2)n1. The Hall–Kier alpha value is -2.18. The zero-order valence-electron chi connectivity index (χ0n) is 12.0. The lowest BCUT2D eigenvalue weighted by Gasteiger charge is -2.12. The van der Waals surface area contributed by atoms with Crippen molar-refractivity contribution in [3.63, 3.8) is 0 Å². The van der Waals surface area contributed by atoms with E-state index in [9.17, 15) is 4.79 Å². The van der Waals surface area contributed by atoms with Gasteiger partial charge in [-0.1, -0.05) is 23.7 Å². The fourth-order valence-corrected chi connectivity index (χ4v) is 1.98. The molecule has 0 fully saturated rings. The van der Waals surface area contributed by atoms with Gasteiger partial charge in [-0.2, -0.15) is 0 Å². The second-order valence-electron chi connectivity index (χ2n) is 4.90. The molecule has 0 saturated carbocycles. The summed E-state index contributed by atoms with van der Waals surface area (Å²) in [7, 11) is 0. The highest BCUT2D eigenvalue weighted by Crippen LogP contribution is 2.18. The van der Waals surface area contributed by atoms with E-state index < -0.39 is 5.97 Å². The van der Waals surface area contributed by atoms with Gasteiger partial charge in [0.1, 0.15) is 0 Å². The Balaban J connectivity index is 2.17. The average Bonchev–Trinajstić information content (AvgIpc) is 2.51. The van der Waals surface area contributed by atoms with Crippen molar-refractivity contribution in [2.24, 2.45) is 0 Å². The number of nitrogens with one attached hydrogen (secondary N) is 1. The zero-order chi connectivity index (χ0) is 16.1. The molecule has 1 atom stereocenters. The predicted octanol–water partition coefficient (Wildman–Crippen LogP) is 2.21. The highest BCUT2D eigenvalue weighted by atomic mass is 35.5. The van der Waals surface area contributed by atoms with Crippen LogP contribution in [0.3, 0.4) is 0 Å². The van der Waals surface area contributed by atoms with Crippen LogP contribution in [0.4, 0.5) is 5.95 Å². The Bertz CT molecular complexity index is 662. The minimum absolute atomic E-state index is 0.0298. The number of carboxylic acid groups (broad SMARTS) is 1. The maximum Gasteiger partial charge on any atom is 0.335 e. The molecule has 0 saturated heterocycles. The van der Waals surface area contributed by atoms with Crippen molar-refractivity contribution in [1.82, 2.24) is 9.97 Å². The maximum absolute atomic E-state index is 10.8.